The maximum Gasteiger partial charge on any atom is 0.437 e. The van der Waals surface area contributed by atoms with E-state index in [9.17, 15) is 27.9 Å². The number of fused-ring (bicyclic) bond motifs is 1. The Morgan fingerprint density at radius 3 is 2.25 bits per heavy atom. The average Bonchev–Trinajstić information content (AvgIpc) is 3.48. The van der Waals surface area contributed by atoms with Crippen LogP contribution in [-0.2, 0) is 30.9 Å². The molecule has 0 bridgehead atoms. The van der Waals surface area contributed by atoms with Gasteiger partial charge in [0, 0.05) is 60.8 Å². The van der Waals surface area contributed by atoms with Crippen LogP contribution in [0, 0.1) is 13.8 Å². The molecule has 2 aliphatic heterocycles. The SMILES string of the molecule is Cc1cc(C)c2cccc(OCc3c(Cl)ccc(S(=O)(=O)N4C[C@H](O)C[C@H]4C(=O)N4CCN(C(=NC(=O)OC(C)(C)C)NC(=O)OC(C)(C)C)CC4)c3Cl)c2n1. The Hall–Kier alpha value is -4.22. The lowest BCUT2D eigenvalue weighted by Crippen LogP contribution is -2.57. The van der Waals surface area contributed by atoms with Crippen LogP contribution < -0.4 is 10.1 Å². The molecule has 2 N–H and O–H groups in total. The van der Waals surface area contributed by atoms with Gasteiger partial charge < -0.3 is 29.1 Å². The number of alkyl carbamates (subject to hydrolysis) is 1. The van der Waals surface area contributed by atoms with Gasteiger partial charge in [0.1, 0.15) is 40.0 Å². The smallest absolute Gasteiger partial charge is 0.437 e. The predicted octanol–water partition coefficient (Wildman–Crippen LogP) is 5.82. The Kier molecular flexibility index (Phi) is 12.8. The van der Waals surface area contributed by atoms with Crippen molar-refractivity contribution in [3.8, 4) is 5.75 Å². The second kappa shape index (κ2) is 16.7. The van der Waals surface area contributed by atoms with Crippen LogP contribution in [0.2, 0.25) is 10.0 Å². The number of carbonyl (C=O) groups is 3. The van der Waals surface area contributed by atoms with Crippen molar-refractivity contribution in [2.75, 3.05) is 32.7 Å². The molecule has 0 saturated carbocycles. The molecule has 304 valence electrons. The Morgan fingerprint density at radius 1 is 0.964 bits per heavy atom. The second-order valence-corrected chi connectivity index (χ2v) is 18.3. The van der Waals surface area contributed by atoms with E-state index in [1.807, 2.05) is 32.0 Å². The highest BCUT2D eigenvalue weighted by molar-refractivity contribution is 7.89. The number of benzene rings is 2. The van der Waals surface area contributed by atoms with Crippen LogP contribution in [0.4, 0.5) is 9.59 Å². The first kappa shape index (κ1) is 42.9. The minimum Gasteiger partial charge on any atom is -0.487 e. The van der Waals surface area contributed by atoms with Crippen LogP contribution >= 0.6 is 23.2 Å². The van der Waals surface area contributed by atoms with Crippen molar-refractivity contribution in [2.24, 2.45) is 4.99 Å². The van der Waals surface area contributed by atoms with E-state index in [-0.39, 0.29) is 72.2 Å². The molecule has 2 atom stereocenters. The number of guanidine groups is 1. The van der Waals surface area contributed by atoms with Gasteiger partial charge in [-0.1, -0.05) is 35.3 Å². The molecule has 15 nitrogen and oxygen atoms in total. The van der Waals surface area contributed by atoms with E-state index >= 15 is 0 Å². The summed E-state index contributed by atoms with van der Waals surface area (Å²) in [5, 5.41) is 14.1. The first-order valence-electron chi connectivity index (χ1n) is 18.1. The van der Waals surface area contributed by atoms with E-state index in [4.69, 9.17) is 37.4 Å². The number of nitrogens with one attached hydrogen (secondary N) is 1. The second-order valence-electron chi connectivity index (χ2n) is 15.7. The fraction of sp³-hybridized carbons (Fsp3) is 0.500. The van der Waals surface area contributed by atoms with Crippen molar-refractivity contribution in [3.05, 3.63) is 63.3 Å². The lowest BCUT2D eigenvalue weighted by molar-refractivity contribution is -0.136. The van der Waals surface area contributed by atoms with Gasteiger partial charge in [-0.05, 0) is 85.2 Å². The van der Waals surface area contributed by atoms with Gasteiger partial charge >= 0.3 is 12.2 Å². The van der Waals surface area contributed by atoms with Crippen molar-refractivity contribution in [2.45, 2.75) is 96.7 Å². The number of amides is 3. The van der Waals surface area contributed by atoms with Crippen LogP contribution in [0.15, 0.2) is 46.3 Å². The summed E-state index contributed by atoms with van der Waals surface area (Å²) < 4.78 is 46.3. The van der Waals surface area contributed by atoms with Gasteiger partial charge in [-0.3, -0.25) is 10.1 Å². The van der Waals surface area contributed by atoms with Crippen molar-refractivity contribution in [3.63, 3.8) is 0 Å². The third-order valence-corrected chi connectivity index (χ3v) is 11.7. The zero-order chi connectivity index (χ0) is 41.3. The molecular weight excluding hydrogens is 787 g/mol. The highest BCUT2D eigenvalue weighted by atomic mass is 35.5. The molecule has 3 aromatic rings. The summed E-state index contributed by atoms with van der Waals surface area (Å²) in [6.07, 6.45) is -3.04. The molecule has 3 amide bonds. The van der Waals surface area contributed by atoms with Crippen LogP contribution in [0.3, 0.4) is 0 Å². The molecule has 0 unspecified atom stereocenters. The molecule has 2 aliphatic rings. The Morgan fingerprint density at radius 2 is 1.61 bits per heavy atom. The Labute approximate surface area is 336 Å². The van der Waals surface area contributed by atoms with E-state index in [0.29, 0.717) is 11.3 Å². The molecule has 2 fully saturated rings. The van der Waals surface area contributed by atoms with Gasteiger partial charge in [-0.15, -0.1) is 4.99 Å². The number of carbonyl (C=O) groups excluding carboxylic acids is 3. The fourth-order valence-electron chi connectivity index (χ4n) is 6.42. The summed E-state index contributed by atoms with van der Waals surface area (Å²) >= 11 is 13.3. The number of rotatable bonds is 6. The van der Waals surface area contributed by atoms with E-state index in [1.165, 1.54) is 17.0 Å². The molecule has 2 saturated heterocycles. The van der Waals surface area contributed by atoms with Gasteiger partial charge in [0.2, 0.25) is 21.9 Å². The zero-order valence-electron chi connectivity index (χ0n) is 32.7. The monoisotopic (exact) mass is 834 g/mol. The van der Waals surface area contributed by atoms with Crippen molar-refractivity contribution < 1.29 is 42.1 Å². The maximum absolute atomic E-state index is 14.3. The van der Waals surface area contributed by atoms with Crippen LogP contribution in [0.25, 0.3) is 10.9 Å². The molecular formula is C38H48Cl2N6O9S. The first-order chi connectivity index (χ1) is 26.0. The molecule has 0 spiro atoms. The van der Waals surface area contributed by atoms with Gasteiger partial charge in [0.05, 0.1) is 11.1 Å². The van der Waals surface area contributed by atoms with E-state index < -0.39 is 51.5 Å². The number of para-hydroxylation sites is 1. The summed E-state index contributed by atoms with van der Waals surface area (Å²) in [5.41, 5.74) is 1.01. The molecule has 5 rings (SSSR count). The lowest BCUT2D eigenvalue weighted by atomic mass is 10.1. The molecule has 18 heteroatoms. The van der Waals surface area contributed by atoms with Gasteiger partial charge in [-0.2, -0.15) is 4.31 Å². The summed E-state index contributed by atoms with van der Waals surface area (Å²) in [4.78, 5) is 50.7. The molecule has 1 aromatic heterocycles. The maximum atomic E-state index is 14.3. The standard InChI is InChI=1S/C38H48Cl2N6O9S/c1-22-18-23(2)41-32-25(22)10-9-11-29(32)53-21-26-27(39)12-13-30(31(26)40)56(51,52)46-20-24(47)19-28(46)33(48)44-14-16-45(17-15-44)34(42-35(49)54-37(3,4)5)43-36(50)55-38(6,7)8/h9-13,18,24,28,47H,14-17,19-21H2,1-8H3,(H,42,43,49,50)/t24-,28+/m1/s1. The number of hydrogen-bond acceptors (Lipinski definition) is 10. The lowest BCUT2D eigenvalue weighted by Gasteiger charge is -2.38. The van der Waals surface area contributed by atoms with Crippen molar-refractivity contribution in [1.82, 2.24) is 24.4 Å². The van der Waals surface area contributed by atoms with Crippen molar-refractivity contribution >= 4 is 68.2 Å². The summed E-state index contributed by atoms with van der Waals surface area (Å²) in [6.45, 7) is 13.8. The zero-order valence-corrected chi connectivity index (χ0v) is 35.0. The van der Waals surface area contributed by atoms with Gasteiger partial charge in [0.15, 0.2) is 0 Å². The molecule has 2 aromatic carbocycles. The van der Waals surface area contributed by atoms with Crippen LogP contribution in [0.5, 0.6) is 5.75 Å². The normalized spacial score (nSPS) is 18.6. The van der Waals surface area contributed by atoms with Crippen LogP contribution in [0.1, 0.15) is 64.8 Å². The fourth-order valence-corrected chi connectivity index (χ4v) is 8.92. The summed E-state index contributed by atoms with van der Waals surface area (Å²) in [6, 6.07) is 8.91. The number of aromatic nitrogens is 1. The third kappa shape index (κ3) is 10.2. The number of ether oxygens (including phenoxy) is 3. The summed E-state index contributed by atoms with van der Waals surface area (Å²) in [5.74, 6) is -0.189. The number of aliphatic imine (C=N–C) groups is 1. The van der Waals surface area contributed by atoms with Crippen molar-refractivity contribution in [1.29, 1.82) is 0 Å². The number of pyridine rings is 1. The van der Waals surface area contributed by atoms with E-state index in [2.05, 4.69) is 15.3 Å². The minimum atomic E-state index is -4.46. The summed E-state index contributed by atoms with van der Waals surface area (Å²) in [7, 11) is -4.46. The van der Waals surface area contributed by atoms with E-state index in [1.54, 1.807) is 52.5 Å². The molecule has 0 radical (unpaired) electrons. The number of halogens is 2. The number of aliphatic hydroxyl groups is 1. The average molecular weight is 836 g/mol. The number of nitrogens with zero attached hydrogens (tertiary/aromatic N) is 5. The number of sulfonamides is 1. The molecule has 56 heavy (non-hydrogen) atoms. The van der Waals surface area contributed by atoms with Gasteiger partial charge in [0.25, 0.3) is 0 Å². The first-order valence-corrected chi connectivity index (χ1v) is 20.3. The topological polar surface area (TPSA) is 180 Å². The van der Waals surface area contributed by atoms with E-state index in [0.717, 1.165) is 20.9 Å². The Bertz CT molecular complexity index is 2150. The molecule has 0 aliphatic carbocycles. The highest BCUT2D eigenvalue weighted by Crippen LogP contribution is 2.37. The largest absolute Gasteiger partial charge is 0.487 e. The van der Waals surface area contributed by atoms with Crippen LogP contribution in [-0.4, -0.2) is 113 Å². The number of piperazine rings is 1. The number of aliphatic hydroxyl groups excluding tert-OH is 1. The number of hydrogen-bond donors (Lipinski definition) is 2. The molecule has 3 heterocycles. The quantitative estimate of drug-likeness (QED) is 0.226. The minimum absolute atomic E-state index is 0.0773. The Balaban J connectivity index is 1.33. The third-order valence-electron chi connectivity index (χ3n) is 8.86. The number of aryl methyl sites for hydroxylation is 2. The number of β-amino-alcohol motifs (C(OH)–C–C–N with tert-alkyl or cyclic N) is 1. The van der Waals surface area contributed by atoms with Gasteiger partial charge in [-0.25, -0.2) is 23.0 Å². The predicted molar refractivity (Wildman–Crippen MR) is 212 cm³/mol. The highest BCUT2D eigenvalue weighted by Gasteiger charge is 2.46.